The van der Waals surface area contributed by atoms with Gasteiger partial charge in [-0.05, 0) is 18.2 Å². The van der Waals surface area contributed by atoms with Crippen LogP contribution >= 0.6 is 11.8 Å². The van der Waals surface area contributed by atoms with Crippen LogP contribution in [0.4, 0.5) is 17.6 Å². The first-order chi connectivity index (χ1) is 8.30. The van der Waals surface area contributed by atoms with Crippen molar-refractivity contribution in [3.8, 4) is 0 Å². The summed E-state index contributed by atoms with van der Waals surface area (Å²) in [6, 6.07) is 3.17. The van der Waals surface area contributed by atoms with Crippen LogP contribution in [0.25, 0.3) is 0 Å². The summed E-state index contributed by atoms with van der Waals surface area (Å²) in [5.74, 6) is -5.56. The average molecular weight is 278 g/mol. The maximum absolute atomic E-state index is 12.9. The van der Waals surface area contributed by atoms with Crippen LogP contribution in [0.1, 0.15) is 10.4 Å². The topological polar surface area (TPSA) is 34.1 Å². The monoisotopic (exact) mass is 278 g/mol. The van der Waals surface area contributed by atoms with Gasteiger partial charge in [-0.25, -0.2) is 4.39 Å². The lowest BCUT2D eigenvalue weighted by molar-refractivity contribution is -0.173. The molecule has 0 spiro atoms. The number of carbonyl (C=O) groups is 2. The minimum atomic E-state index is -5.03. The number of fused-ring (bicyclic) bond motifs is 1. The van der Waals surface area contributed by atoms with Gasteiger partial charge in [0.2, 0.25) is 5.78 Å². The lowest BCUT2D eigenvalue weighted by atomic mass is 9.94. The lowest BCUT2D eigenvalue weighted by Gasteiger charge is -2.22. The van der Waals surface area contributed by atoms with Crippen molar-refractivity contribution in [1.82, 2.24) is 0 Å². The van der Waals surface area contributed by atoms with Crippen LogP contribution in [0.3, 0.4) is 0 Å². The highest BCUT2D eigenvalue weighted by atomic mass is 32.2. The molecule has 1 aliphatic rings. The Hall–Kier alpha value is -1.37. The van der Waals surface area contributed by atoms with Crippen molar-refractivity contribution in [1.29, 1.82) is 0 Å². The molecule has 1 aromatic rings. The summed E-state index contributed by atoms with van der Waals surface area (Å²) in [4.78, 5) is 23.1. The van der Waals surface area contributed by atoms with Crippen molar-refractivity contribution in [3.63, 3.8) is 0 Å². The zero-order chi connectivity index (χ0) is 13.5. The van der Waals surface area contributed by atoms with Gasteiger partial charge in [0.05, 0.1) is 5.92 Å². The molecule has 18 heavy (non-hydrogen) atoms. The summed E-state index contributed by atoms with van der Waals surface area (Å²) >= 11 is 0.877. The van der Waals surface area contributed by atoms with Gasteiger partial charge in [-0.1, -0.05) is 0 Å². The number of carbonyl (C=O) groups excluding carboxylic acids is 2. The third-order valence-electron chi connectivity index (χ3n) is 2.53. The first-order valence-electron chi connectivity index (χ1n) is 4.88. The van der Waals surface area contributed by atoms with Crippen molar-refractivity contribution in [3.05, 3.63) is 29.6 Å². The van der Waals surface area contributed by atoms with E-state index in [1.165, 1.54) is 0 Å². The van der Waals surface area contributed by atoms with Crippen molar-refractivity contribution in [2.24, 2.45) is 5.92 Å². The van der Waals surface area contributed by atoms with E-state index in [9.17, 15) is 27.2 Å². The molecule has 0 bridgehead atoms. The second-order valence-electron chi connectivity index (χ2n) is 3.73. The van der Waals surface area contributed by atoms with Gasteiger partial charge in [0.25, 0.3) is 0 Å². The molecule has 1 aliphatic heterocycles. The average Bonchev–Trinajstić information content (AvgIpc) is 2.27. The van der Waals surface area contributed by atoms with Crippen LogP contribution in [0.2, 0.25) is 0 Å². The number of hydrogen-bond donors (Lipinski definition) is 0. The van der Waals surface area contributed by atoms with Crippen LogP contribution in [-0.2, 0) is 4.79 Å². The summed E-state index contributed by atoms with van der Waals surface area (Å²) < 4.78 is 49.7. The maximum Gasteiger partial charge on any atom is 0.450 e. The fraction of sp³-hybridized carbons (Fsp3) is 0.273. The molecular weight excluding hydrogens is 272 g/mol. The maximum atomic E-state index is 12.9. The predicted molar refractivity (Wildman–Crippen MR) is 56.0 cm³/mol. The van der Waals surface area contributed by atoms with Crippen molar-refractivity contribution in [2.75, 3.05) is 5.75 Å². The second-order valence-corrected chi connectivity index (χ2v) is 4.79. The van der Waals surface area contributed by atoms with Crippen LogP contribution < -0.4 is 0 Å². The summed E-state index contributed by atoms with van der Waals surface area (Å²) in [6.07, 6.45) is -5.03. The largest absolute Gasteiger partial charge is 0.450 e. The molecule has 7 heteroatoms. The molecule has 1 unspecified atom stereocenters. The Kier molecular flexibility index (Phi) is 3.18. The van der Waals surface area contributed by atoms with E-state index in [1.807, 2.05) is 0 Å². The first kappa shape index (κ1) is 13.1. The zero-order valence-electron chi connectivity index (χ0n) is 8.75. The zero-order valence-corrected chi connectivity index (χ0v) is 9.57. The Morgan fingerprint density at radius 2 is 2.00 bits per heavy atom. The number of benzene rings is 1. The first-order valence-corrected chi connectivity index (χ1v) is 5.87. The highest BCUT2D eigenvalue weighted by Crippen LogP contribution is 2.36. The molecule has 0 fully saturated rings. The Morgan fingerprint density at radius 3 is 2.61 bits per heavy atom. The fourth-order valence-corrected chi connectivity index (χ4v) is 2.82. The molecule has 0 aromatic heterocycles. The second kappa shape index (κ2) is 4.38. The van der Waals surface area contributed by atoms with Gasteiger partial charge < -0.3 is 0 Å². The number of hydrogen-bond acceptors (Lipinski definition) is 3. The SMILES string of the molecule is O=C1c2ccc(F)cc2SCC1C(=O)C(F)(F)F. The van der Waals surface area contributed by atoms with Crippen molar-refractivity contribution >= 4 is 23.3 Å². The Labute approximate surface area is 103 Å². The summed E-state index contributed by atoms with van der Waals surface area (Å²) in [5.41, 5.74) is -0.0322. The van der Waals surface area contributed by atoms with Gasteiger partial charge >= 0.3 is 6.18 Å². The molecule has 0 saturated heterocycles. The van der Waals surface area contributed by atoms with Crippen LogP contribution in [-0.4, -0.2) is 23.5 Å². The van der Waals surface area contributed by atoms with Gasteiger partial charge in [0, 0.05) is 16.2 Å². The number of rotatable bonds is 1. The normalized spacial score (nSPS) is 19.6. The molecule has 1 heterocycles. The minimum absolute atomic E-state index is 0.0322. The fourth-order valence-electron chi connectivity index (χ4n) is 1.65. The highest BCUT2D eigenvalue weighted by molar-refractivity contribution is 7.99. The van der Waals surface area contributed by atoms with Gasteiger partial charge in [0.1, 0.15) is 5.82 Å². The van der Waals surface area contributed by atoms with Gasteiger partial charge in [0.15, 0.2) is 5.78 Å². The molecule has 2 rings (SSSR count). The van der Waals surface area contributed by atoms with Crippen LogP contribution in [0.5, 0.6) is 0 Å². The lowest BCUT2D eigenvalue weighted by Crippen LogP contribution is -2.38. The van der Waals surface area contributed by atoms with Gasteiger partial charge in [-0.3, -0.25) is 9.59 Å². The van der Waals surface area contributed by atoms with E-state index >= 15 is 0 Å². The summed E-state index contributed by atoms with van der Waals surface area (Å²) in [6.45, 7) is 0. The quantitative estimate of drug-likeness (QED) is 0.585. The van der Waals surface area contributed by atoms with E-state index in [4.69, 9.17) is 0 Å². The summed E-state index contributed by atoms with van der Waals surface area (Å²) in [7, 11) is 0. The van der Waals surface area contributed by atoms with Crippen molar-refractivity contribution < 1.29 is 27.2 Å². The number of thioether (sulfide) groups is 1. The Morgan fingerprint density at radius 1 is 1.33 bits per heavy atom. The smallest absolute Gasteiger partial charge is 0.293 e. The Balaban J connectivity index is 2.35. The van der Waals surface area contributed by atoms with E-state index < -0.39 is 29.5 Å². The molecule has 2 nitrogen and oxygen atoms in total. The van der Waals surface area contributed by atoms with Gasteiger partial charge in [-0.15, -0.1) is 11.8 Å². The van der Waals surface area contributed by atoms with E-state index in [-0.39, 0.29) is 16.2 Å². The number of halogens is 4. The van der Waals surface area contributed by atoms with Gasteiger partial charge in [-0.2, -0.15) is 13.2 Å². The molecule has 0 radical (unpaired) electrons. The predicted octanol–water partition coefficient (Wildman–Crippen LogP) is 2.86. The molecular formula is C11H6F4O2S. The molecule has 0 saturated carbocycles. The third kappa shape index (κ3) is 2.27. The number of Topliss-reactive ketones (excluding diaryl/α,β-unsaturated/α-hetero) is 2. The van der Waals surface area contributed by atoms with Crippen molar-refractivity contribution in [2.45, 2.75) is 11.1 Å². The Bertz CT molecular complexity index is 524. The van der Waals surface area contributed by atoms with E-state index in [1.54, 1.807) is 0 Å². The van der Waals surface area contributed by atoms with E-state index in [0.717, 1.165) is 30.0 Å². The van der Waals surface area contributed by atoms with E-state index in [0.29, 0.717) is 0 Å². The third-order valence-corrected chi connectivity index (χ3v) is 3.68. The summed E-state index contributed by atoms with van der Waals surface area (Å²) in [5, 5.41) is 0. The molecule has 0 aliphatic carbocycles. The number of ketones is 2. The van der Waals surface area contributed by atoms with Crippen LogP contribution in [0, 0.1) is 11.7 Å². The molecule has 1 aromatic carbocycles. The highest BCUT2D eigenvalue weighted by Gasteiger charge is 2.47. The molecule has 1 atom stereocenters. The van der Waals surface area contributed by atoms with E-state index in [2.05, 4.69) is 0 Å². The standard InChI is InChI=1S/C11H6F4O2S/c12-5-1-2-6-8(3-5)18-4-7(9(6)16)10(17)11(13,14)15/h1-3,7H,4H2. The molecule has 96 valence electrons. The minimum Gasteiger partial charge on any atom is -0.293 e. The molecule has 0 amide bonds. The number of alkyl halides is 3. The van der Waals surface area contributed by atoms with Crippen LogP contribution in [0.15, 0.2) is 23.1 Å². The molecule has 0 N–H and O–H groups in total.